The van der Waals surface area contributed by atoms with Crippen molar-refractivity contribution in [3.05, 3.63) is 27.2 Å². The maximum Gasteiger partial charge on any atom is 0.267 e. The lowest BCUT2D eigenvalue weighted by atomic mass is 9.95. The third-order valence-corrected chi connectivity index (χ3v) is 4.23. The summed E-state index contributed by atoms with van der Waals surface area (Å²) in [5.41, 5.74) is 2.07. The van der Waals surface area contributed by atoms with Gasteiger partial charge in [0.1, 0.15) is 10.9 Å². The van der Waals surface area contributed by atoms with Crippen molar-refractivity contribution < 1.29 is 19.5 Å². The normalized spacial score (nSPS) is 21.6. The number of hydrogen-bond acceptors (Lipinski definition) is 4. The van der Waals surface area contributed by atoms with E-state index in [0.29, 0.717) is 6.54 Å². The van der Waals surface area contributed by atoms with Crippen LogP contribution in [0.3, 0.4) is 0 Å². The maximum absolute atomic E-state index is 11.9. The number of nitrogens with one attached hydrogen (secondary N) is 2. The van der Waals surface area contributed by atoms with Gasteiger partial charge in [-0.3, -0.25) is 9.59 Å². The van der Waals surface area contributed by atoms with E-state index in [4.69, 9.17) is 39.6 Å². The van der Waals surface area contributed by atoms with Crippen molar-refractivity contribution in [1.29, 1.82) is 0 Å². The van der Waals surface area contributed by atoms with Crippen LogP contribution in [-0.2, 0) is 9.59 Å². The van der Waals surface area contributed by atoms with Gasteiger partial charge >= 0.3 is 0 Å². The monoisotopic (exact) mass is 352 g/mol. The molecule has 1 aromatic carbocycles. The zero-order chi connectivity index (χ0) is 15.6. The summed E-state index contributed by atoms with van der Waals surface area (Å²) >= 11 is 17.5. The molecule has 6 nitrogen and oxygen atoms in total. The lowest BCUT2D eigenvalue weighted by molar-refractivity contribution is -0.146. The largest absolute Gasteiger partial charge is 0.392 e. The zero-order valence-electron chi connectivity index (χ0n) is 10.5. The number of aliphatic hydroxyl groups is 1. The molecule has 2 atom stereocenters. The van der Waals surface area contributed by atoms with Crippen LogP contribution in [0.4, 0.5) is 0 Å². The van der Waals surface area contributed by atoms with Crippen LogP contribution < -0.4 is 15.6 Å². The number of piperidine rings is 1. The topological polar surface area (TPSA) is 87.7 Å². The average molecular weight is 354 g/mol. The maximum atomic E-state index is 11.9. The summed E-state index contributed by atoms with van der Waals surface area (Å²) in [6.45, 7) is 0.323. The first-order valence-corrected chi connectivity index (χ1v) is 7.11. The number of rotatable bonds is 3. The first-order valence-electron chi connectivity index (χ1n) is 5.97. The highest BCUT2D eigenvalue weighted by atomic mass is 35.5. The van der Waals surface area contributed by atoms with Gasteiger partial charge in [0.15, 0.2) is 5.75 Å². The number of hydrogen-bond donors (Lipinski definition) is 3. The molecule has 0 aromatic heterocycles. The molecule has 21 heavy (non-hydrogen) atoms. The van der Waals surface area contributed by atoms with Gasteiger partial charge in [-0.25, -0.2) is 0 Å². The predicted molar refractivity (Wildman–Crippen MR) is 77.4 cm³/mol. The molecule has 114 valence electrons. The Morgan fingerprint density at radius 1 is 1.33 bits per heavy atom. The lowest BCUT2D eigenvalue weighted by Gasteiger charge is -2.26. The Morgan fingerprint density at radius 3 is 2.71 bits per heavy atom. The summed E-state index contributed by atoms with van der Waals surface area (Å²) in [7, 11) is 0. The van der Waals surface area contributed by atoms with Crippen molar-refractivity contribution >= 4 is 46.6 Å². The lowest BCUT2D eigenvalue weighted by Crippen LogP contribution is -2.52. The number of amides is 2. The third kappa shape index (κ3) is 3.52. The van der Waals surface area contributed by atoms with E-state index in [2.05, 4.69) is 10.8 Å². The van der Waals surface area contributed by atoms with E-state index in [9.17, 15) is 14.7 Å². The van der Waals surface area contributed by atoms with Crippen molar-refractivity contribution in [3.63, 3.8) is 0 Å². The molecule has 1 aliphatic rings. The van der Waals surface area contributed by atoms with E-state index in [1.165, 1.54) is 12.1 Å². The van der Waals surface area contributed by atoms with Crippen LogP contribution in [0.1, 0.15) is 6.42 Å². The second kappa shape index (κ2) is 6.70. The molecule has 0 aliphatic carbocycles. The van der Waals surface area contributed by atoms with Crippen LogP contribution in [0.25, 0.3) is 0 Å². The van der Waals surface area contributed by atoms with Crippen molar-refractivity contribution in [2.24, 2.45) is 5.92 Å². The molecule has 2 amide bonds. The van der Waals surface area contributed by atoms with E-state index < -0.39 is 23.8 Å². The molecule has 0 bridgehead atoms. The van der Waals surface area contributed by atoms with E-state index in [1.54, 1.807) is 0 Å². The third-order valence-electron chi connectivity index (χ3n) is 2.95. The molecular formula is C12H11Cl3N2O4. The fourth-order valence-corrected chi connectivity index (χ4v) is 2.41. The molecule has 1 heterocycles. The van der Waals surface area contributed by atoms with Crippen LogP contribution in [-0.4, -0.2) is 29.6 Å². The van der Waals surface area contributed by atoms with Gasteiger partial charge in [-0.15, -0.1) is 0 Å². The van der Waals surface area contributed by atoms with Gasteiger partial charge in [0.05, 0.1) is 16.1 Å². The van der Waals surface area contributed by atoms with Gasteiger partial charge in [-0.1, -0.05) is 34.8 Å². The second-order valence-electron chi connectivity index (χ2n) is 4.37. The van der Waals surface area contributed by atoms with Crippen LogP contribution in [0, 0.1) is 5.92 Å². The second-order valence-corrected chi connectivity index (χ2v) is 5.53. The van der Waals surface area contributed by atoms with Gasteiger partial charge in [0, 0.05) is 6.54 Å². The summed E-state index contributed by atoms with van der Waals surface area (Å²) in [6.07, 6.45) is -0.774. The highest BCUT2D eigenvalue weighted by Crippen LogP contribution is 2.36. The Hall–Kier alpha value is -1.21. The molecule has 0 spiro atoms. The van der Waals surface area contributed by atoms with E-state index in [-0.39, 0.29) is 27.2 Å². The molecule has 0 saturated carbocycles. The molecular weight excluding hydrogens is 343 g/mol. The van der Waals surface area contributed by atoms with E-state index in [0.717, 1.165) is 0 Å². The number of hydroxylamine groups is 1. The Balaban J connectivity index is 2.04. The zero-order valence-corrected chi connectivity index (χ0v) is 12.8. The number of aliphatic hydroxyl groups excluding tert-OH is 1. The van der Waals surface area contributed by atoms with Gasteiger partial charge in [0.2, 0.25) is 5.91 Å². The van der Waals surface area contributed by atoms with E-state index >= 15 is 0 Å². The molecule has 2 rings (SSSR count). The molecule has 0 radical (unpaired) electrons. The van der Waals surface area contributed by atoms with Gasteiger partial charge in [-0.2, -0.15) is 5.48 Å². The van der Waals surface area contributed by atoms with Crippen molar-refractivity contribution in [2.75, 3.05) is 6.54 Å². The average Bonchev–Trinajstić information content (AvgIpc) is 2.44. The highest BCUT2D eigenvalue weighted by Gasteiger charge is 2.37. The molecule has 9 heteroatoms. The smallest absolute Gasteiger partial charge is 0.267 e. The van der Waals surface area contributed by atoms with Gasteiger partial charge < -0.3 is 15.3 Å². The van der Waals surface area contributed by atoms with Crippen LogP contribution in [0.5, 0.6) is 5.75 Å². The minimum Gasteiger partial charge on any atom is -0.392 e. The summed E-state index contributed by atoms with van der Waals surface area (Å²) in [5, 5.41) is 12.5. The van der Waals surface area contributed by atoms with Gasteiger partial charge in [0.25, 0.3) is 5.91 Å². The summed E-state index contributed by atoms with van der Waals surface area (Å²) in [4.78, 5) is 28.5. The molecule has 1 aliphatic heterocycles. The first kappa shape index (κ1) is 16.2. The van der Waals surface area contributed by atoms with Crippen molar-refractivity contribution in [1.82, 2.24) is 10.8 Å². The summed E-state index contributed by atoms with van der Waals surface area (Å²) < 4.78 is 0. The fraction of sp³-hybridized carbons (Fsp3) is 0.333. The van der Waals surface area contributed by atoms with Crippen molar-refractivity contribution in [2.45, 2.75) is 12.5 Å². The molecule has 1 fully saturated rings. The SMILES string of the molecule is O=C1NCCC(O)C1C(=O)NOc1ccc(Cl)c(Cl)c1Cl. The van der Waals surface area contributed by atoms with Crippen molar-refractivity contribution in [3.8, 4) is 5.75 Å². The predicted octanol–water partition coefficient (Wildman–Crippen LogP) is 1.55. The standard InChI is InChI=1S/C12H11Cl3N2O4/c13-5-1-2-7(10(15)9(5)14)21-17-12(20)8-6(18)3-4-16-11(8)19/h1-2,6,8,18H,3-4H2,(H,16,19)(H,17,20). The number of halogens is 3. The number of benzene rings is 1. The Bertz CT molecular complexity index is 582. The Morgan fingerprint density at radius 2 is 2.05 bits per heavy atom. The molecule has 1 saturated heterocycles. The van der Waals surface area contributed by atoms with E-state index in [1.807, 2.05) is 0 Å². The fourth-order valence-electron chi connectivity index (χ4n) is 1.84. The molecule has 2 unspecified atom stereocenters. The summed E-state index contributed by atoms with van der Waals surface area (Å²) in [5.74, 6) is -2.50. The minimum absolute atomic E-state index is 0.0260. The number of carbonyl (C=O) groups excluding carboxylic acids is 2. The quantitative estimate of drug-likeness (QED) is 0.437. The minimum atomic E-state index is -1.24. The number of carbonyl (C=O) groups is 2. The van der Waals surface area contributed by atoms with Gasteiger partial charge in [-0.05, 0) is 18.6 Å². The first-order chi connectivity index (χ1) is 9.91. The molecule has 3 N–H and O–H groups in total. The van der Waals surface area contributed by atoms with Crippen LogP contribution in [0.2, 0.25) is 15.1 Å². The highest BCUT2D eigenvalue weighted by molar-refractivity contribution is 6.48. The summed E-state index contributed by atoms with van der Waals surface area (Å²) in [6, 6.07) is 2.85. The molecule has 1 aromatic rings. The Kier molecular flexibility index (Phi) is 5.16. The van der Waals surface area contributed by atoms with Crippen LogP contribution >= 0.6 is 34.8 Å². The Labute approximate surface area is 135 Å². The van der Waals surface area contributed by atoms with Crippen LogP contribution in [0.15, 0.2) is 12.1 Å².